The minimum absolute atomic E-state index is 0.933. The Hall–Kier alpha value is -1.84. The molecule has 1 aliphatic heterocycles. The van der Waals surface area contributed by atoms with Gasteiger partial charge < -0.3 is 4.90 Å². The van der Waals surface area contributed by atoms with Gasteiger partial charge in [-0.25, -0.2) is 0 Å². The van der Waals surface area contributed by atoms with Crippen LogP contribution >= 0.6 is 0 Å². The van der Waals surface area contributed by atoms with Crippen molar-refractivity contribution in [2.45, 2.75) is 13.0 Å². The number of aromatic amines is 1. The third-order valence-electron chi connectivity index (χ3n) is 2.86. The van der Waals surface area contributed by atoms with Crippen LogP contribution in [0.5, 0.6) is 0 Å². The van der Waals surface area contributed by atoms with E-state index in [0.717, 1.165) is 25.3 Å². The molecule has 1 aromatic heterocycles. The van der Waals surface area contributed by atoms with E-state index in [4.69, 9.17) is 0 Å². The molecule has 0 bridgehead atoms. The fourth-order valence-electron chi connectivity index (χ4n) is 2.04. The molecule has 0 radical (unpaired) electrons. The monoisotopic (exact) mass is 200 g/mol. The van der Waals surface area contributed by atoms with E-state index in [1.807, 2.05) is 6.20 Å². The first kappa shape index (κ1) is 8.47. The number of H-pyrrole nitrogens is 1. The standard InChI is InChI=1S/C11H12N4/c1-2-4-10-8-15(6-5-9(10)3-1)11-7-12-14-13-11/h1-4,7H,5-6,8H2,(H,12,13,14). The van der Waals surface area contributed by atoms with Crippen molar-refractivity contribution in [3.05, 3.63) is 41.6 Å². The van der Waals surface area contributed by atoms with Gasteiger partial charge in [-0.3, -0.25) is 5.10 Å². The molecule has 0 aliphatic carbocycles. The van der Waals surface area contributed by atoms with Gasteiger partial charge in [0.05, 0.1) is 6.20 Å². The van der Waals surface area contributed by atoms with Crippen LogP contribution in [-0.4, -0.2) is 22.0 Å². The largest absolute Gasteiger partial charge is 0.349 e. The van der Waals surface area contributed by atoms with Crippen LogP contribution < -0.4 is 4.90 Å². The Kier molecular flexibility index (Phi) is 1.91. The molecule has 4 nitrogen and oxygen atoms in total. The van der Waals surface area contributed by atoms with Crippen LogP contribution in [0.1, 0.15) is 11.1 Å². The molecule has 1 aliphatic rings. The third-order valence-corrected chi connectivity index (χ3v) is 2.86. The number of hydrogen-bond acceptors (Lipinski definition) is 3. The minimum Gasteiger partial charge on any atom is -0.349 e. The van der Waals surface area contributed by atoms with Gasteiger partial charge in [0.25, 0.3) is 0 Å². The SMILES string of the molecule is c1ccc2c(c1)CCN(c1c[nH]nn1)C2. The Morgan fingerprint density at radius 2 is 2.07 bits per heavy atom. The maximum absolute atomic E-state index is 4.03. The highest BCUT2D eigenvalue weighted by Gasteiger charge is 2.17. The molecule has 2 heterocycles. The predicted molar refractivity (Wildman–Crippen MR) is 57.6 cm³/mol. The summed E-state index contributed by atoms with van der Waals surface area (Å²) in [5, 5.41) is 10.5. The lowest BCUT2D eigenvalue weighted by Gasteiger charge is -2.28. The van der Waals surface area contributed by atoms with Gasteiger partial charge in [0, 0.05) is 13.1 Å². The highest BCUT2D eigenvalue weighted by Crippen LogP contribution is 2.21. The Labute approximate surface area is 87.9 Å². The van der Waals surface area contributed by atoms with Gasteiger partial charge >= 0.3 is 0 Å². The summed E-state index contributed by atoms with van der Waals surface area (Å²) in [5.41, 5.74) is 2.85. The fourth-order valence-corrected chi connectivity index (χ4v) is 2.04. The molecular weight excluding hydrogens is 188 g/mol. The maximum Gasteiger partial charge on any atom is 0.171 e. The highest BCUT2D eigenvalue weighted by atomic mass is 15.4. The zero-order valence-corrected chi connectivity index (χ0v) is 8.35. The molecule has 15 heavy (non-hydrogen) atoms. The summed E-state index contributed by atoms with van der Waals surface area (Å²) in [4.78, 5) is 2.24. The molecule has 0 saturated carbocycles. The number of nitrogens with zero attached hydrogens (tertiary/aromatic N) is 3. The Balaban J connectivity index is 1.89. The first-order chi connectivity index (χ1) is 7.43. The quantitative estimate of drug-likeness (QED) is 0.756. The summed E-state index contributed by atoms with van der Waals surface area (Å²) in [7, 11) is 0. The van der Waals surface area contributed by atoms with E-state index in [1.54, 1.807) is 0 Å². The zero-order valence-electron chi connectivity index (χ0n) is 8.35. The lowest BCUT2D eigenvalue weighted by Crippen LogP contribution is -2.30. The van der Waals surface area contributed by atoms with Gasteiger partial charge in [0.2, 0.25) is 0 Å². The van der Waals surface area contributed by atoms with E-state index in [2.05, 4.69) is 44.6 Å². The number of rotatable bonds is 1. The number of anilines is 1. The Bertz CT molecular complexity index is 449. The summed E-state index contributed by atoms with van der Waals surface area (Å²) in [6.07, 6.45) is 2.93. The van der Waals surface area contributed by atoms with Crippen LogP contribution in [0.3, 0.4) is 0 Å². The second-order valence-corrected chi connectivity index (χ2v) is 3.77. The van der Waals surface area contributed by atoms with Gasteiger partial charge in [-0.05, 0) is 17.5 Å². The predicted octanol–water partition coefficient (Wildman–Crippen LogP) is 1.37. The number of aromatic nitrogens is 3. The van der Waals surface area contributed by atoms with Gasteiger partial charge in [-0.2, -0.15) is 0 Å². The van der Waals surface area contributed by atoms with Crippen molar-refractivity contribution in [3.8, 4) is 0 Å². The molecule has 76 valence electrons. The first-order valence-corrected chi connectivity index (χ1v) is 5.12. The van der Waals surface area contributed by atoms with Crippen molar-refractivity contribution in [2.24, 2.45) is 0 Å². The molecule has 0 saturated heterocycles. The van der Waals surface area contributed by atoms with E-state index in [0.29, 0.717) is 0 Å². The average Bonchev–Trinajstić information content (AvgIpc) is 2.82. The number of benzene rings is 1. The second-order valence-electron chi connectivity index (χ2n) is 3.77. The third kappa shape index (κ3) is 1.48. The van der Waals surface area contributed by atoms with E-state index in [1.165, 1.54) is 11.1 Å². The van der Waals surface area contributed by atoms with Crippen molar-refractivity contribution in [1.29, 1.82) is 0 Å². The van der Waals surface area contributed by atoms with Crippen molar-refractivity contribution in [2.75, 3.05) is 11.4 Å². The van der Waals surface area contributed by atoms with E-state index in [-0.39, 0.29) is 0 Å². The highest BCUT2D eigenvalue weighted by molar-refractivity contribution is 5.41. The van der Waals surface area contributed by atoms with Crippen molar-refractivity contribution in [3.63, 3.8) is 0 Å². The summed E-state index contributed by atoms with van der Waals surface area (Å²) >= 11 is 0. The van der Waals surface area contributed by atoms with Crippen LogP contribution in [0.4, 0.5) is 5.82 Å². The van der Waals surface area contributed by atoms with Gasteiger partial charge in [-0.1, -0.05) is 29.5 Å². The molecule has 0 spiro atoms. The van der Waals surface area contributed by atoms with Crippen LogP contribution in [0.15, 0.2) is 30.5 Å². The van der Waals surface area contributed by atoms with Crippen molar-refractivity contribution in [1.82, 2.24) is 15.4 Å². The Morgan fingerprint density at radius 1 is 1.20 bits per heavy atom. The molecule has 0 unspecified atom stereocenters. The topological polar surface area (TPSA) is 44.8 Å². The maximum atomic E-state index is 4.03. The van der Waals surface area contributed by atoms with Gasteiger partial charge in [0.15, 0.2) is 5.82 Å². The molecule has 0 atom stereocenters. The van der Waals surface area contributed by atoms with Gasteiger partial charge in [-0.15, -0.1) is 5.10 Å². The molecular formula is C11H12N4. The lowest BCUT2D eigenvalue weighted by atomic mass is 10.0. The lowest BCUT2D eigenvalue weighted by molar-refractivity contribution is 0.718. The summed E-state index contributed by atoms with van der Waals surface area (Å²) < 4.78 is 0. The number of nitrogens with one attached hydrogen (secondary N) is 1. The normalized spacial score (nSPS) is 15.1. The molecule has 0 fully saturated rings. The summed E-state index contributed by atoms with van der Waals surface area (Å²) in [5.74, 6) is 0.935. The molecule has 2 aromatic rings. The van der Waals surface area contributed by atoms with Crippen molar-refractivity contribution < 1.29 is 0 Å². The van der Waals surface area contributed by atoms with E-state index < -0.39 is 0 Å². The van der Waals surface area contributed by atoms with Gasteiger partial charge in [0.1, 0.15) is 0 Å². The second kappa shape index (κ2) is 3.38. The van der Waals surface area contributed by atoms with Crippen LogP contribution in [-0.2, 0) is 13.0 Å². The van der Waals surface area contributed by atoms with Crippen LogP contribution in [0.25, 0.3) is 0 Å². The first-order valence-electron chi connectivity index (χ1n) is 5.12. The molecule has 1 N–H and O–H groups in total. The molecule has 4 heteroatoms. The molecule has 1 aromatic carbocycles. The molecule has 0 amide bonds. The number of hydrogen-bond donors (Lipinski definition) is 1. The number of fused-ring (bicyclic) bond motifs is 1. The summed E-state index contributed by atoms with van der Waals surface area (Å²) in [6, 6.07) is 8.58. The van der Waals surface area contributed by atoms with E-state index in [9.17, 15) is 0 Å². The zero-order chi connectivity index (χ0) is 10.1. The average molecular weight is 200 g/mol. The fraction of sp³-hybridized carbons (Fsp3) is 0.273. The molecule has 3 rings (SSSR count). The smallest absolute Gasteiger partial charge is 0.171 e. The Morgan fingerprint density at radius 3 is 2.87 bits per heavy atom. The van der Waals surface area contributed by atoms with Crippen molar-refractivity contribution >= 4 is 5.82 Å². The van der Waals surface area contributed by atoms with Crippen LogP contribution in [0, 0.1) is 0 Å². The van der Waals surface area contributed by atoms with E-state index >= 15 is 0 Å². The summed E-state index contributed by atoms with van der Waals surface area (Å²) in [6.45, 7) is 1.95. The van der Waals surface area contributed by atoms with Crippen LogP contribution in [0.2, 0.25) is 0 Å². The minimum atomic E-state index is 0.933.